The number of aromatic nitrogens is 1. The van der Waals surface area contributed by atoms with Gasteiger partial charge in [-0.2, -0.15) is 0 Å². The van der Waals surface area contributed by atoms with Crippen LogP contribution in [-0.4, -0.2) is 48.6 Å². The number of hydrogen-bond acceptors (Lipinski definition) is 5. The maximum absolute atomic E-state index is 12.3. The Morgan fingerprint density at radius 3 is 2.67 bits per heavy atom. The lowest BCUT2D eigenvalue weighted by atomic mass is 9.96. The largest absolute Gasteiger partial charge is 0.382 e. The van der Waals surface area contributed by atoms with Crippen LogP contribution in [0.15, 0.2) is 29.6 Å². The number of nitrogens with zero attached hydrogens (tertiary/aromatic N) is 2. The van der Waals surface area contributed by atoms with Crippen LogP contribution in [0.2, 0.25) is 0 Å². The minimum Gasteiger partial charge on any atom is -0.382 e. The van der Waals surface area contributed by atoms with Crippen LogP contribution in [0.1, 0.15) is 57.2 Å². The van der Waals surface area contributed by atoms with Crippen molar-refractivity contribution in [1.82, 2.24) is 15.2 Å². The first-order valence-corrected chi connectivity index (χ1v) is 12.1. The summed E-state index contributed by atoms with van der Waals surface area (Å²) < 4.78 is 5.31. The highest BCUT2D eigenvalue weighted by Crippen LogP contribution is 2.27. The number of likely N-dealkylation sites (tertiary alicyclic amines) is 1. The second-order valence-corrected chi connectivity index (χ2v) is 9.17. The van der Waals surface area contributed by atoms with E-state index in [2.05, 4.69) is 53.7 Å². The van der Waals surface area contributed by atoms with E-state index in [0.29, 0.717) is 19.1 Å². The van der Waals surface area contributed by atoms with E-state index in [1.54, 1.807) is 11.3 Å². The minimum atomic E-state index is 0.138. The monoisotopic (exact) mass is 429 g/mol. The van der Waals surface area contributed by atoms with Crippen molar-refractivity contribution < 1.29 is 9.53 Å². The summed E-state index contributed by atoms with van der Waals surface area (Å²) in [5.41, 5.74) is 3.67. The minimum absolute atomic E-state index is 0.138. The first kappa shape index (κ1) is 22.9. The third-order valence-corrected chi connectivity index (χ3v) is 6.63. The maximum atomic E-state index is 12.3. The number of piperidine rings is 1. The number of carbonyl (C=O) groups is 1. The first-order chi connectivity index (χ1) is 14.6. The normalized spacial score (nSPS) is 15.6. The summed E-state index contributed by atoms with van der Waals surface area (Å²) in [4.78, 5) is 19.6. The fourth-order valence-electron chi connectivity index (χ4n) is 3.78. The Bertz CT molecular complexity index is 780. The second kappa shape index (κ2) is 11.6. The lowest BCUT2D eigenvalue weighted by molar-refractivity contribution is -0.126. The second-order valence-electron chi connectivity index (χ2n) is 8.31. The molecule has 1 aromatic heterocycles. The van der Waals surface area contributed by atoms with Crippen LogP contribution in [0.5, 0.6) is 0 Å². The molecule has 1 aliphatic rings. The predicted molar refractivity (Wildman–Crippen MR) is 124 cm³/mol. The molecule has 1 fully saturated rings. The molecule has 0 bridgehead atoms. The number of carbonyl (C=O) groups excluding carboxylic acids is 1. The van der Waals surface area contributed by atoms with Gasteiger partial charge in [0.25, 0.3) is 0 Å². The summed E-state index contributed by atoms with van der Waals surface area (Å²) in [5.74, 6) is 0.886. The fourth-order valence-corrected chi connectivity index (χ4v) is 4.60. The van der Waals surface area contributed by atoms with Crippen molar-refractivity contribution in [2.45, 2.75) is 52.5 Å². The summed E-state index contributed by atoms with van der Waals surface area (Å²) >= 11 is 1.71. The predicted octanol–water partition coefficient (Wildman–Crippen LogP) is 4.69. The van der Waals surface area contributed by atoms with Gasteiger partial charge in [-0.05, 0) is 50.8 Å². The van der Waals surface area contributed by atoms with Crippen LogP contribution in [0.25, 0.3) is 10.6 Å². The van der Waals surface area contributed by atoms with E-state index in [1.807, 2.05) is 6.92 Å². The molecule has 1 saturated heterocycles. The molecule has 6 heteroatoms. The van der Waals surface area contributed by atoms with E-state index >= 15 is 0 Å². The Kier molecular flexibility index (Phi) is 8.85. The van der Waals surface area contributed by atoms with E-state index < -0.39 is 0 Å². The standard InChI is InChI=1S/C24H35N3O2S/c1-4-29-15-5-12-25-23(28)20-10-13-27(14-11-20)16-22-17-30-24(26-22)21-8-6-19(7-9-21)18(2)3/h6-9,17-18,20H,4-5,10-16H2,1-3H3,(H,25,28). The summed E-state index contributed by atoms with van der Waals surface area (Å²) in [7, 11) is 0. The van der Waals surface area contributed by atoms with Gasteiger partial charge in [0, 0.05) is 43.2 Å². The molecule has 0 saturated carbocycles. The number of thiazole rings is 1. The SMILES string of the molecule is CCOCCCNC(=O)C1CCN(Cc2csc(-c3ccc(C(C)C)cc3)n2)CC1. The Hall–Kier alpha value is -1.76. The molecule has 1 aromatic carbocycles. The zero-order chi connectivity index (χ0) is 21.3. The molecule has 0 aliphatic carbocycles. The quantitative estimate of drug-likeness (QED) is 0.557. The highest BCUT2D eigenvalue weighted by molar-refractivity contribution is 7.13. The molecule has 2 heterocycles. The summed E-state index contributed by atoms with van der Waals surface area (Å²) in [6, 6.07) is 8.76. The third kappa shape index (κ3) is 6.62. The Labute approximate surface area is 184 Å². The van der Waals surface area contributed by atoms with Gasteiger partial charge in [0.05, 0.1) is 5.69 Å². The van der Waals surface area contributed by atoms with E-state index in [0.717, 1.165) is 56.2 Å². The summed E-state index contributed by atoms with van der Waals surface area (Å²) in [6.45, 7) is 11.3. The smallest absolute Gasteiger partial charge is 0.223 e. The Balaban J connectivity index is 1.42. The molecular formula is C24H35N3O2S. The molecule has 0 atom stereocenters. The van der Waals surface area contributed by atoms with E-state index in [9.17, 15) is 4.79 Å². The molecule has 3 rings (SSSR count). The van der Waals surface area contributed by atoms with Gasteiger partial charge in [-0.3, -0.25) is 9.69 Å². The highest BCUT2D eigenvalue weighted by Gasteiger charge is 2.25. The van der Waals surface area contributed by atoms with Gasteiger partial charge in [0.15, 0.2) is 0 Å². The van der Waals surface area contributed by atoms with Crippen LogP contribution >= 0.6 is 11.3 Å². The van der Waals surface area contributed by atoms with Crippen LogP contribution in [0.3, 0.4) is 0 Å². The average Bonchev–Trinajstić information content (AvgIpc) is 3.22. The molecule has 0 radical (unpaired) electrons. The summed E-state index contributed by atoms with van der Waals surface area (Å²) in [6.07, 6.45) is 2.72. The first-order valence-electron chi connectivity index (χ1n) is 11.2. The zero-order valence-electron chi connectivity index (χ0n) is 18.5. The van der Waals surface area contributed by atoms with Gasteiger partial charge < -0.3 is 10.1 Å². The van der Waals surface area contributed by atoms with Gasteiger partial charge in [-0.15, -0.1) is 11.3 Å². The molecule has 1 amide bonds. The van der Waals surface area contributed by atoms with Gasteiger partial charge in [-0.25, -0.2) is 4.98 Å². The maximum Gasteiger partial charge on any atom is 0.223 e. The fraction of sp³-hybridized carbons (Fsp3) is 0.583. The van der Waals surface area contributed by atoms with Crippen molar-refractivity contribution in [2.75, 3.05) is 32.8 Å². The highest BCUT2D eigenvalue weighted by atomic mass is 32.1. The number of benzene rings is 1. The average molecular weight is 430 g/mol. The molecular weight excluding hydrogens is 394 g/mol. The van der Waals surface area contributed by atoms with E-state index in [1.165, 1.54) is 11.1 Å². The van der Waals surface area contributed by atoms with Crippen LogP contribution in [0.4, 0.5) is 0 Å². The van der Waals surface area contributed by atoms with Crippen molar-refractivity contribution in [3.05, 3.63) is 40.9 Å². The van der Waals surface area contributed by atoms with Gasteiger partial charge in [0.2, 0.25) is 5.91 Å². The third-order valence-electron chi connectivity index (χ3n) is 5.69. The lowest BCUT2D eigenvalue weighted by Gasteiger charge is -2.30. The number of hydrogen-bond donors (Lipinski definition) is 1. The van der Waals surface area contributed by atoms with Gasteiger partial charge >= 0.3 is 0 Å². The van der Waals surface area contributed by atoms with Crippen molar-refractivity contribution in [1.29, 1.82) is 0 Å². The zero-order valence-corrected chi connectivity index (χ0v) is 19.3. The van der Waals surface area contributed by atoms with Gasteiger partial charge in [0.1, 0.15) is 5.01 Å². The van der Waals surface area contributed by atoms with E-state index in [4.69, 9.17) is 9.72 Å². The molecule has 164 valence electrons. The Morgan fingerprint density at radius 1 is 1.27 bits per heavy atom. The van der Waals surface area contributed by atoms with Crippen molar-refractivity contribution in [3.8, 4) is 10.6 Å². The van der Waals surface area contributed by atoms with Crippen molar-refractivity contribution in [2.24, 2.45) is 5.92 Å². The Morgan fingerprint density at radius 2 is 2.00 bits per heavy atom. The van der Waals surface area contributed by atoms with Crippen molar-refractivity contribution in [3.63, 3.8) is 0 Å². The van der Waals surface area contributed by atoms with Gasteiger partial charge in [-0.1, -0.05) is 38.1 Å². The number of rotatable bonds is 10. The molecule has 1 aliphatic heterocycles. The van der Waals surface area contributed by atoms with E-state index in [-0.39, 0.29) is 11.8 Å². The molecule has 5 nitrogen and oxygen atoms in total. The molecule has 0 unspecified atom stereocenters. The lowest BCUT2D eigenvalue weighted by Crippen LogP contribution is -2.40. The molecule has 1 N–H and O–H groups in total. The number of nitrogens with one attached hydrogen (secondary N) is 1. The molecule has 2 aromatic rings. The van der Waals surface area contributed by atoms with Crippen molar-refractivity contribution >= 4 is 17.2 Å². The topological polar surface area (TPSA) is 54.5 Å². The van der Waals surface area contributed by atoms with Crippen LogP contribution in [0, 0.1) is 5.92 Å². The van der Waals surface area contributed by atoms with Crippen LogP contribution < -0.4 is 5.32 Å². The molecule has 0 spiro atoms. The number of ether oxygens (including phenoxy) is 1. The van der Waals surface area contributed by atoms with Crippen LogP contribution in [-0.2, 0) is 16.1 Å². The molecule has 30 heavy (non-hydrogen) atoms. The summed E-state index contributed by atoms with van der Waals surface area (Å²) in [5, 5.41) is 6.31. The number of amides is 1.